The molecule has 1 aliphatic rings. The Bertz CT molecular complexity index is 1070. The van der Waals surface area contributed by atoms with Gasteiger partial charge in [-0.2, -0.15) is 0 Å². The van der Waals surface area contributed by atoms with Gasteiger partial charge in [0.2, 0.25) is 5.91 Å². The van der Waals surface area contributed by atoms with Crippen LogP contribution in [0, 0.1) is 0 Å². The number of nitrogens with one attached hydrogen (secondary N) is 1. The number of amides is 1. The minimum atomic E-state index is -1.64. The summed E-state index contributed by atoms with van der Waals surface area (Å²) in [5.41, 5.74) is 0. The molecule has 0 aromatic rings. The molecule has 358 valence electrons. The Morgan fingerprint density at radius 2 is 1.02 bits per heavy atom. The van der Waals surface area contributed by atoms with Gasteiger partial charge in [-0.15, -0.1) is 0 Å². The lowest BCUT2D eigenvalue weighted by atomic mass is 9.99. The van der Waals surface area contributed by atoms with Crippen molar-refractivity contribution in [3.8, 4) is 0 Å². The van der Waals surface area contributed by atoms with Crippen LogP contribution in [-0.4, -0.2) is 100 Å². The first-order chi connectivity index (χ1) is 29.7. The summed E-state index contributed by atoms with van der Waals surface area (Å²) in [6.45, 7) is 3.30. The quantitative estimate of drug-likeness (QED) is 0.0256. The van der Waals surface area contributed by atoms with Gasteiger partial charge in [0.15, 0.2) is 6.29 Å². The maximum atomic E-state index is 13.1. The van der Waals surface area contributed by atoms with Crippen molar-refractivity contribution in [2.75, 3.05) is 19.8 Å². The van der Waals surface area contributed by atoms with E-state index in [0.29, 0.717) is 6.42 Å². The van der Waals surface area contributed by atoms with E-state index in [1.165, 1.54) is 154 Å². The van der Waals surface area contributed by atoms with Gasteiger partial charge in [-0.25, -0.2) is 4.79 Å². The van der Waals surface area contributed by atoms with E-state index in [9.17, 15) is 30.0 Å². The van der Waals surface area contributed by atoms with E-state index < -0.39 is 55.4 Å². The Morgan fingerprint density at radius 1 is 0.590 bits per heavy atom. The number of allylic oxidation sites excluding steroid dienone is 3. The molecule has 7 atom stereocenters. The summed E-state index contributed by atoms with van der Waals surface area (Å²) in [5, 5.41) is 54.3. The number of unbranched alkanes of at least 4 members (excludes halogenated alkanes) is 28. The smallest absolute Gasteiger partial charge is 0.329 e. The summed E-state index contributed by atoms with van der Waals surface area (Å²) in [5.74, 6) is -1.41. The minimum Gasteiger partial charge on any atom is -0.480 e. The molecule has 0 aromatic carbocycles. The van der Waals surface area contributed by atoms with Crippen molar-refractivity contribution >= 4 is 11.9 Å². The molecule has 61 heavy (non-hydrogen) atoms. The molecule has 11 nitrogen and oxygen atoms in total. The van der Waals surface area contributed by atoms with E-state index in [4.69, 9.17) is 19.3 Å². The maximum Gasteiger partial charge on any atom is 0.329 e. The fourth-order valence-corrected chi connectivity index (χ4v) is 7.87. The Balaban J connectivity index is 2.41. The van der Waals surface area contributed by atoms with Crippen molar-refractivity contribution in [3.63, 3.8) is 0 Å². The number of carbonyl (C=O) groups is 2. The molecule has 0 bridgehead atoms. The van der Waals surface area contributed by atoms with Crippen molar-refractivity contribution in [2.24, 2.45) is 0 Å². The van der Waals surface area contributed by atoms with Crippen LogP contribution in [0.4, 0.5) is 0 Å². The van der Waals surface area contributed by atoms with Crippen LogP contribution in [0.5, 0.6) is 0 Å². The summed E-state index contributed by atoms with van der Waals surface area (Å²) >= 11 is 0. The highest BCUT2D eigenvalue weighted by molar-refractivity contribution is 5.76. The van der Waals surface area contributed by atoms with Crippen LogP contribution in [0.3, 0.4) is 0 Å². The topological polar surface area (TPSA) is 175 Å². The van der Waals surface area contributed by atoms with E-state index >= 15 is 0 Å². The number of rotatable bonds is 43. The van der Waals surface area contributed by atoms with Crippen molar-refractivity contribution in [1.82, 2.24) is 5.32 Å². The molecule has 0 aromatic heterocycles. The van der Waals surface area contributed by atoms with E-state index in [1.807, 2.05) is 6.08 Å². The van der Waals surface area contributed by atoms with Gasteiger partial charge in [-0.05, 0) is 44.9 Å². The summed E-state index contributed by atoms with van der Waals surface area (Å²) in [4.78, 5) is 23.9. The summed E-state index contributed by atoms with van der Waals surface area (Å²) in [7, 11) is 0. The Hall–Kier alpha value is -1.86. The third-order valence-corrected chi connectivity index (χ3v) is 11.8. The van der Waals surface area contributed by atoms with Gasteiger partial charge in [-0.1, -0.05) is 192 Å². The monoisotopic (exact) mass is 868 g/mol. The summed E-state index contributed by atoms with van der Waals surface area (Å²) < 4.78 is 16.5. The van der Waals surface area contributed by atoms with Gasteiger partial charge in [-0.3, -0.25) is 4.79 Å². The first kappa shape index (κ1) is 57.2. The second-order valence-corrected chi connectivity index (χ2v) is 17.6. The van der Waals surface area contributed by atoms with E-state index in [1.54, 1.807) is 6.08 Å². The van der Waals surface area contributed by atoms with Crippen LogP contribution in [-0.2, 0) is 23.8 Å². The number of hydrogen-bond acceptors (Lipinski definition) is 9. The Morgan fingerprint density at radius 3 is 1.48 bits per heavy atom. The van der Waals surface area contributed by atoms with E-state index in [2.05, 4.69) is 31.3 Å². The molecule has 0 saturated carbocycles. The number of aliphatic hydroxyl groups excluding tert-OH is 4. The molecule has 1 aliphatic heterocycles. The molecule has 0 spiro atoms. The van der Waals surface area contributed by atoms with Crippen molar-refractivity contribution in [2.45, 2.75) is 262 Å². The fraction of sp³-hybridized carbons (Fsp3) is 0.880. The lowest BCUT2D eigenvalue weighted by molar-refractivity contribution is -0.304. The Labute approximate surface area is 371 Å². The molecule has 6 N–H and O–H groups in total. The van der Waals surface area contributed by atoms with Crippen LogP contribution < -0.4 is 5.32 Å². The first-order valence-electron chi connectivity index (χ1n) is 25.1. The second-order valence-electron chi connectivity index (χ2n) is 17.6. The van der Waals surface area contributed by atoms with Crippen molar-refractivity contribution in [1.29, 1.82) is 0 Å². The number of hydrogen-bond donors (Lipinski definition) is 6. The molecule has 1 rings (SSSR count). The molecule has 11 heteroatoms. The molecule has 1 amide bonds. The standard InChI is InChI=1S/C50H93NO10/c1-3-5-7-9-11-13-15-17-18-19-20-21-22-23-24-26-28-30-32-34-36-38-45(53)51-42(43(52)37-35-33-31-29-27-25-16-14-12-10-8-6-4-2)39-60-50-49(58)48(57)47(56)44(61-50)40-59-41-46(54)55/h17-18,35,37,42-44,47-50,52,56-58H,3-16,19-34,36,38-41H2,1-2H3,(H,51,53)(H,54,55)/b18-17-,37-35+/t42-,43+,44+,47-,48-,49+,50-/m0/s1. The zero-order chi connectivity index (χ0) is 44.6. The molecule has 0 radical (unpaired) electrons. The van der Waals surface area contributed by atoms with Crippen LogP contribution in [0.15, 0.2) is 24.3 Å². The predicted molar refractivity (Wildman–Crippen MR) is 246 cm³/mol. The zero-order valence-corrected chi connectivity index (χ0v) is 38.9. The average Bonchev–Trinajstić information content (AvgIpc) is 3.24. The van der Waals surface area contributed by atoms with Crippen LogP contribution in [0.1, 0.15) is 219 Å². The van der Waals surface area contributed by atoms with Crippen molar-refractivity contribution in [3.05, 3.63) is 24.3 Å². The Kier molecular flexibility index (Phi) is 38.3. The van der Waals surface area contributed by atoms with Crippen molar-refractivity contribution < 1.29 is 49.3 Å². The highest BCUT2D eigenvalue weighted by Crippen LogP contribution is 2.23. The van der Waals surface area contributed by atoms with Gasteiger partial charge in [0.25, 0.3) is 0 Å². The average molecular weight is 868 g/mol. The SMILES string of the molecule is CCCCCCCC/C=C\CCCCCCCCCCCCCC(=O)N[C@@H](CO[C@H]1O[C@H](COCC(=O)O)[C@H](O)[C@H](O)[C@H]1O)[C@H](O)/C=C/CCCCCCCCCCCCC. The summed E-state index contributed by atoms with van der Waals surface area (Å²) in [6, 6.07) is -0.853. The van der Waals surface area contributed by atoms with E-state index in [-0.39, 0.29) is 19.1 Å². The largest absolute Gasteiger partial charge is 0.480 e. The highest BCUT2D eigenvalue weighted by Gasteiger charge is 2.44. The lowest BCUT2D eigenvalue weighted by Gasteiger charge is -2.40. The molecule has 1 fully saturated rings. The third-order valence-electron chi connectivity index (χ3n) is 11.8. The molecule has 0 unspecified atom stereocenters. The maximum absolute atomic E-state index is 13.1. The minimum absolute atomic E-state index is 0.208. The van der Waals surface area contributed by atoms with Crippen LogP contribution in [0.25, 0.3) is 0 Å². The molecular weight excluding hydrogens is 775 g/mol. The molecule has 1 saturated heterocycles. The molecule has 0 aliphatic carbocycles. The molecule has 1 heterocycles. The third kappa shape index (κ3) is 32.5. The first-order valence-corrected chi connectivity index (χ1v) is 25.1. The van der Waals surface area contributed by atoms with Gasteiger partial charge in [0.1, 0.15) is 31.0 Å². The second kappa shape index (κ2) is 40.9. The lowest BCUT2D eigenvalue weighted by Crippen LogP contribution is -2.60. The zero-order valence-electron chi connectivity index (χ0n) is 38.9. The van der Waals surface area contributed by atoms with E-state index in [0.717, 1.165) is 44.9 Å². The number of carbonyl (C=O) groups excluding carboxylic acids is 1. The van der Waals surface area contributed by atoms with Gasteiger partial charge in [0.05, 0.1) is 25.4 Å². The number of carboxylic acid groups (broad SMARTS) is 1. The normalized spacial score (nSPS) is 20.5. The highest BCUT2D eigenvalue weighted by atomic mass is 16.7. The predicted octanol–water partition coefficient (Wildman–Crippen LogP) is 10.4. The molecular formula is C50H93NO10. The van der Waals surface area contributed by atoms with Gasteiger partial charge < -0.3 is 45.1 Å². The number of ether oxygens (including phenoxy) is 3. The fourth-order valence-electron chi connectivity index (χ4n) is 7.87. The number of aliphatic hydroxyl groups is 4. The van der Waals surface area contributed by atoms with Gasteiger partial charge >= 0.3 is 5.97 Å². The van der Waals surface area contributed by atoms with Gasteiger partial charge in [0, 0.05) is 6.42 Å². The van der Waals surface area contributed by atoms with Crippen LogP contribution in [0.2, 0.25) is 0 Å². The van der Waals surface area contributed by atoms with Crippen LogP contribution >= 0.6 is 0 Å². The number of carboxylic acids is 1. The summed E-state index contributed by atoms with van der Waals surface area (Å²) in [6.07, 6.45) is 38.4. The number of aliphatic carboxylic acids is 1.